The molecule has 4 nitrogen and oxygen atoms in total. The fourth-order valence-electron chi connectivity index (χ4n) is 1.80. The minimum absolute atomic E-state index is 0.294. The first kappa shape index (κ1) is 14.1. The Labute approximate surface area is 85.9 Å². The molecule has 2 N–H and O–H groups in total. The molecule has 14 heavy (non-hydrogen) atoms. The topological polar surface area (TPSA) is 66.8 Å². The van der Waals surface area contributed by atoms with Crippen LogP contribution in [0.1, 0.15) is 47.5 Å². The summed E-state index contributed by atoms with van der Waals surface area (Å²) in [6.45, 7) is 9.54. The average Bonchev–Trinajstić information content (AvgIpc) is 1.96. The van der Waals surface area contributed by atoms with Gasteiger partial charge in [-0.05, 0) is 18.3 Å². The summed E-state index contributed by atoms with van der Waals surface area (Å²) in [6, 6.07) is 0. The van der Waals surface area contributed by atoms with Crippen molar-refractivity contribution in [2.45, 2.75) is 53.1 Å². The first-order valence-electron chi connectivity index (χ1n) is 4.84. The van der Waals surface area contributed by atoms with E-state index in [2.05, 4.69) is 0 Å². The molecule has 0 fully saturated rings. The summed E-state index contributed by atoms with van der Waals surface area (Å²) in [5, 5.41) is 0. The van der Waals surface area contributed by atoms with Gasteiger partial charge in [-0.15, -0.1) is 0 Å². The molecule has 0 radical (unpaired) electrons. The standard InChI is InChI=1S/C9H21O4P/c1-6-9(7-2,8(3,4)5)13-14(10,11)12/h6-7H2,1-5H3,(H2,10,11,12). The molecule has 86 valence electrons. The Morgan fingerprint density at radius 3 is 1.57 bits per heavy atom. The molecule has 0 aliphatic heterocycles. The maximum absolute atomic E-state index is 10.9. The summed E-state index contributed by atoms with van der Waals surface area (Å²) < 4.78 is 15.8. The van der Waals surface area contributed by atoms with Crippen molar-refractivity contribution in [3.8, 4) is 0 Å². The second kappa shape index (κ2) is 4.31. The highest BCUT2D eigenvalue weighted by Gasteiger charge is 2.44. The van der Waals surface area contributed by atoms with E-state index in [1.165, 1.54) is 0 Å². The van der Waals surface area contributed by atoms with Crippen LogP contribution in [0.2, 0.25) is 0 Å². The zero-order chi connectivity index (χ0) is 11.6. The molecule has 0 unspecified atom stereocenters. The van der Waals surface area contributed by atoms with Crippen molar-refractivity contribution >= 4 is 7.82 Å². The SMILES string of the molecule is CCC(CC)(OP(=O)(O)O)C(C)(C)C. The van der Waals surface area contributed by atoms with Gasteiger partial charge in [0.15, 0.2) is 0 Å². The lowest BCUT2D eigenvalue weighted by atomic mass is 9.73. The molecular weight excluding hydrogens is 203 g/mol. The lowest BCUT2D eigenvalue weighted by Crippen LogP contribution is -2.43. The summed E-state index contributed by atoms with van der Waals surface area (Å²) in [5.74, 6) is 0. The van der Waals surface area contributed by atoms with Crippen molar-refractivity contribution < 1.29 is 18.9 Å². The number of hydrogen-bond donors (Lipinski definition) is 2. The van der Waals surface area contributed by atoms with E-state index < -0.39 is 13.4 Å². The Morgan fingerprint density at radius 2 is 1.50 bits per heavy atom. The van der Waals surface area contributed by atoms with Gasteiger partial charge in [0.2, 0.25) is 0 Å². The number of rotatable bonds is 4. The lowest BCUT2D eigenvalue weighted by molar-refractivity contribution is -0.0583. The smallest absolute Gasteiger partial charge is 0.303 e. The second-order valence-corrected chi connectivity index (χ2v) is 5.70. The summed E-state index contributed by atoms with van der Waals surface area (Å²) in [7, 11) is -4.42. The van der Waals surface area contributed by atoms with Crippen LogP contribution in [-0.2, 0) is 9.09 Å². The molecule has 0 aromatic rings. The molecule has 0 aromatic heterocycles. The van der Waals surface area contributed by atoms with E-state index in [0.717, 1.165) is 0 Å². The highest BCUT2D eigenvalue weighted by molar-refractivity contribution is 7.46. The number of phosphoric acid groups is 1. The fourth-order valence-corrected chi connectivity index (χ4v) is 2.79. The minimum Gasteiger partial charge on any atom is -0.303 e. The maximum Gasteiger partial charge on any atom is 0.470 e. The molecule has 0 saturated heterocycles. The van der Waals surface area contributed by atoms with Crippen LogP contribution in [0.15, 0.2) is 0 Å². The molecule has 0 heterocycles. The first-order valence-corrected chi connectivity index (χ1v) is 6.37. The third kappa shape index (κ3) is 3.35. The van der Waals surface area contributed by atoms with Crippen molar-refractivity contribution in [2.24, 2.45) is 5.41 Å². The summed E-state index contributed by atoms with van der Waals surface area (Å²) in [6.07, 6.45) is 1.16. The molecule has 0 spiro atoms. The van der Waals surface area contributed by atoms with Gasteiger partial charge in [0.25, 0.3) is 0 Å². The van der Waals surface area contributed by atoms with E-state index in [0.29, 0.717) is 12.8 Å². The predicted molar refractivity (Wildman–Crippen MR) is 55.9 cm³/mol. The van der Waals surface area contributed by atoms with Gasteiger partial charge < -0.3 is 9.79 Å². The van der Waals surface area contributed by atoms with Gasteiger partial charge >= 0.3 is 7.82 Å². The summed E-state index contributed by atoms with van der Waals surface area (Å²) in [4.78, 5) is 17.7. The van der Waals surface area contributed by atoms with Gasteiger partial charge in [0.05, 0.1) is 5.60 Å². The van der Waals surface area contributed by atoms with Crippen LogP contribution in [0, 0.1) is 5.41 Å². The van der Waals surface area contributed by atoms with E-state index in [4.69, 9.17) is 14.3 Å². The normalized spacial score (nSPS) is 14.5. The van der Waals surface area contributed by atoms with Crippen LogP contribution in [0.25, 0.3) is 0 Å². The van der Waals surface area contributed by atoms with E-state index in [-0.39, 0.29) is 5.41 Å². The van der Waals surface area contributed by atoms with Gasteiger partial charge in [-0.2, -0.15) is 0 Å². The molecule has 0 aliphatic carbocycles. The molecule has 0 rings (SSSR count). The van der Waals surface area contributed by atoms with Gasteiger partial charge in [0.1, 0.15) is 0 Å². The fraction of sp³-hybridized carbons (Fsp3) is 1.00. The number of hydrogen-bond acceptors (Lipinski definition) is 2. The summed E-state index contributed by atoms with van der Waals surface area (Å²) >= 11 is 0. The van der Waals surface area contributed by atoms with Crippen LogP contribution in [-0.4, -0.2) is 15.4 Å². The molecule has 0 saturated carbocycles. The Bertz CT molecular complexity index is 221. The van der Waals surface area contributed by atoms with Gasteiger partial charge in [0, 0.05) is 0 Å². The number of phosphoric ester groups is 1. The molecular formula is C9H21O4P. The largest absolute Gasteiger partial charge is 0.470 e. The van der Waals surface area contributed by atoms with E-state index in [1.807, 2.05) is 34.6 Å². The van der Waals surface area contributed by atoms with E-state index in [9.17, 15) is 4.57 Å². The van der Waals surface area contributed by atoms with Crippen molar-refractivity contribution in [1.29, 1.82) is 0 Å². The first-order chi connectivity index (χ1) is 6.08. The van der Waals surface area contributed by atoms with Gasteiger partial charge in [-0.25, -0.2) is 4.57 Å². The summed E-state index contributed by atoms with van der Waals surface area (Å²) in [5.41, 5.74) is -1.05. The van der Waals surface area contributed by atoms with Crippen molar-refractivity contribution in [1.82, 2.24) is 0 Å². The molecule has 0 aromatic carbocycles. The monoisotopic (exact) mass is 224 g/mol. The van der Waals surface area contributed by atoms with Gasteiger partial charge in [-0.1, -0.05) is 34.6 Å². The predicted octanol–water partition coefficient (Wildman–Crippen LogP) is 2.70. The highest BCUT2D eigenvalue weighted by atomic mass is 31.2. The Morgan fingerprint density at radius 1 is 1.14 bits per heavy atom. The van der Waals surface area contributed by atoms with Crippen molar-refractivity contribution in [3.63, 3.8) is 0 Å². The molecule has 0 atom stereocenters. The molecule has 0 amide bonds. The van der Waals surface area contributed by atoms with Crippen LogP contribution in [0.4, 0.5) is 0 Å². The average molecular weight is 224 g/mol. The Kier molecular flexibility index (Phi) is 4.35. The Hall–Kier alpha value is 0.110. The third-order valence-corrected chi connectivity index (χ3v) is 3.39. The molecule has 0 aliphatic rings. The lowest BCUT2D eigenvalue weighted by Gasteiger charge is -2.43. The van der Waals surface area contributed by atoms with E-state index >= 15 is 0 Å². The third-order valence-electron chi connectivity index (χ3n) is 2.80. The van der Waals surface area contributed by atoms with E-state index in [1.54, 1.807) is 0 Å². The maximum atomic E-state index is 10.9. The van der Waals surface area contributed by atoms with Crippen molar-refractivity contribution in [3.05, 3.63) is 0 Å². The molecule has 0 bridgehead atoms. The van der Waals surface area contributed by atoms with Crippen LogP contribution in [0.3, 0.4) is 0 Å². The molecule has 5 heteroatoms. The van der Waals surface area contributed by atoms with Gasteiger partial charge in [-0.3, -0.25) is 4.52 Å². The Balaban J connectivity index is 5.01. The highest BCUT2D eigenvalue weighted by Crippen LogP contribution is 2.50. The van der Waals surface area contributed by atoms with Crippen LogP contribution in [0.5, 0.6) is 0 Å². The second-order valence-electron chi connectivity index (χ2n) is 4.53. The zero-order valence-electron chi connectivity index (χ0n) is 9.57. The van der Waals surface area contributed by atoms with Crippen LogP contribution < -0.4 is 0 Å². The quantitative estimate of drug-likeness (QED) is 0.720. The zero-order valence-corrected chi connectivity index (χ0v) is 10.5. The van der Waals surface area contributed by atoms with Crippen molar-refractivity contribution in [2.75, 3.05) is 0 Å². The van der Waals surface area contributed by atoms with Crippen LogP contribution >= 0.6 is 7.82 Å². The minimum atomic E-state index is -4.42.